The lowest BCUT2D eigenvalue weighted by atomic mass is 10.1. The van der Waals surface area contributed by atoms with Gasteiger partial charge in [-0.15, -0.1) is 0 Å². The second-order valence-electron chi connectivity index (χ2n) is 4.24. The minimum Gasteiger partial charge on any atom is -0.435 e. The molecule has 0 aliphatic rings. The van der Waals surface area contributed by atoms with Crippen LogP contribution in [0, 0.1) is 0 Å². The third-order valence-corrected chi connectivity index (χ3v) is 2.69. The Morgan fingerprint density at radius 2 is 1.95 bits per heavy atom. The highest BCUT2D eigenvalue weighted by Gasteiger charge is 2.06. The molecule has 21 heavy (non-hydrogen) atoms. The first kappa shape index (κ1) is 15.1. The minimum atomic E-state index is -2.83. The average molecular weight is 294 g/mol. The Labute approximate surface area is 121 Å². The molecule has 0 fully saturated rings. The van der Waals surface area contributed by atoms with E-state index >= 15 is 0 Å². The summed E-state index contributed by atoms with van der Waals surface area (Å²) in [7, 11) is 0. The van der Waals surface area contributed by atoms with Gasteiger partial charge in [0.25, 0.3) is 0 Å². The minimum absolute atomic E-state index is 0.115. The number of anilines is 1. The summed E-state index contributed by atoms with van der Waals surface area (Å²) in [6, 6.07) is 8.04. The zero-order chi connectivity index (χ0) is 15.1. The van der Waals surface area contributed by atoms with Gasteiger partial charge >= 0.3 is 6.61 Å². The molecule has 7 heteroatoms. The molecule has 5 nitrogen and oxygen atoms in total. The lowest BCUT2D eigenvalue weighted by Crippen LogP contribution is -2.10. The molecule has 0 amide bonds. The normalized spacial score (nSPS) is 10.7. The number of ether oxygens (including phenoxy) is 1. The van der Waals surface area contributed by atoms with E-state index in [-0.39, 0.29) is 5.75 Å². The molecule has 0 atom stereocenters. The maximum Gasteiger partial charge on any atom is 0.387 e. The Morgan fingerprint density at radius 3 is 2.62 bits per heavy atom. The summed E-state index contributed by atoms with van der Waals surface area (Å²) in [5, 5.41) is 3.07. The maximum atomic E-state index is 12.1. The number of alkyl halides is 2. The maximum absolute atomic E-state index is 12.1. The quantitative estimate of drug-likeness (QED) is 0.768. The van der Waals surface area contributed by atoms with Crippen molar-refractivity contribution in [2.45, 2.75) is 13.0 Å². The lowest BCUT2D eigenvalue weighted by molar-refractivity contribution is -0.0498. The van der Waals surface area contributed by atoms with Crippen molar-refractivity contribution in [2.24, 2.45) is 5.73 Å². The number of aromatic nitrogens is 2. The summed E-state index contributed by atoms with van der Waals surface area (Å²) in [6.45, 7) is -1.53. The molecule has 2 aromatic rings. The van der Waals surface area contributed by atoms with E-state index in [1.54, 1.807) is 24.4 Å². The Balaban J connectivity index is 2.08. The van der Waals surface area contributed by atoms with Gasteiger partial charge in [0, 0.05) is 18.3 Å². The number of halogens is 2. The predicted molar refractivity (Wildman–Crippen MR) is 76.3 cm³/mol. The molecular formula is C14H16F2N4O. The highest BCUT2D eigenvalue weighted by atomic mass is 19.3. The second-order valence-corrected chi connectivity index (χ2v) is 4.24. The number of nitrogens with zero attached hydrogens (tertiary/aromatic N) is 2. The summed E-state index contributed by atoms with van der Waals surface area (Å²) >= 11 is 0. The van der Waals surface area contributed by atoms with Gasteiger partial charge in [0.05, 0.1) is 5.69 Å². The van der Waals surface area contributed by atoms with Gasteiger partial charge in [0.2, 0.25) is 5.95 Å². The largest absolute Gasteiger partial charge is 0.435 e. The third-order valence-electron chi connectivity index (χ3n) is 2.69. The van der Waals surface area contributed by atoms with E-state index in [4.69, 9.17) is 5.73 Å². The van der Waals surface area contributed by atoms with Crippen LogP contribution in [0.4, 0.5) is 14.7 Å². The van der Waals surface area contributed by atoms with Gasteiger partial charge in [-0.2, -0.15) is 8.78 Å². The molecule has 0 spiro atoms. The standard InChI is InChI=1S/C14H16F2N4O/c15-13(16)21-11-4-2-10(3-5-11)12-6-9-19-14(20-12)18-8-1-7-17/h2-6,9,13H,1,7-8,17H2,(H,18,19,20). The molecule has 0 saturated carbocycles. The first-order valence-corrected chi connectivity index (χ1v) is 6.51. The van der Waals surface area contributed by atoms with Gasteiger partial charge < -0.3 is 15.8 Å². The molecule has 0 aliphatic carbocycles. The van der Waals surface area contributed by atoms with Crippen molar-refractivity contribution in [1.82, 2.24) is 9.97 Å². The van der Waals surface area contributed by atoms with E-state index in [0.29, 0.717) is 24.7 Å². The van der Waals surface area contributed by atoms with Gasteiger partial charge in [-0.3, -0.25) is 0 Å². The highest BCUT2D eigenvalue weighted by Crippen LogP contribution is 2.22. The Hall–Kier alpha value is -2.28. The van der Waals surface area contributed by atoms with Gasteiger partial charge in [-0.25, -0.2) is 9.97 Å². The Morgan fingerprint density at radius 1 is 1.19 bits per heavy atom. The molecular weight excluding hydrogens is 278 g/mol. The summed E-state index contributed by atoms with van der Waals surface area (Å²) in [6.07, 6.45) is 2.46. The molecule has 1 aromatic carbocycles. The Bertz CT molecular complexity index is 563. The molecule has 1 aromatic heterocycles. The van der Waals surface area contributed by atoms with E-state index in [1.807, 2.05) is 0 Å². The number of hydrogen-bond donors (Lipinski definition) is 2. The molecule has 3 N–H and O–H groups in total. The SMILES string of the molecule is NCCCNc1nccc(-c2ccc(OC(F)F)cc2)n1. The molecule has 0 unspecified atom stereocenters. The smallest absolute Gasteiger partial charge is 0.387 e. The molecule has 112 valence electrons. The van der Waals surface area contributed by atoms with E-state index < -0.39 is 6.61 Å². The summed E-state index contributed by atoms with van der Waals surface area (Å²) in [5.74, 6) is 0.623. The van der Waals surface area contributed by atoms with Crippen LogP contribution >= 0.6 is 0 Å². The van der Waals surface area contributed by atoms with Crippen LogP contribution in [0.2, 0.25) is 0 Å². The molecule has 0 bridgehead atoms. The van der Waals surface area contributed by atoms with Crippen LogP contribution in [0.3, 0.4) is 0 Å². The molecule has 0 aliphatic heterocycles. The molecule has 0 radical (unpaired) electrons. The fraction of sp³-hybridized carbons (Fsp3) is 0.286. The van der Waals surface area contributed by atoms with Crippen LogP contribution in [-0.4, -0.2) is 29.7 Å². The van der Waals surface area contributed by atoms with Crippen LogP contribution in [0.25, 0.3) is 11.3 Å². The van der Waals surface area contributed by atoms with Crippen LogP contribution < -0.4 is 15.8 Å². The number of nitrogens with two attached hydrogens (primary N) is 1. The van der Waals surface area contributed by atoms with Gasteiger partial charge in [0.15, 0.2) is 0 Å². The molecule has 0 saturated heterocycles. The van der Waals surface area contributed by atoms with Crippen molar-refractivity contribution in [1.29, 1.82) is 0 Å². The highest BCUT2D eigenvalue weighted by molar-refractivity contribution is 5.60. The van der Waals surface area contributed by atoms with Crippen molar-refractivity contribution in [2.75, 3.05) is 18.4 Å². The van der Waals surface area contributed by atoms with Crippen LogP contribution in [0.5, 0.6) is 5.75 Å². The van der Waals surface area contributed by atoms with Crippen molar-refractivity contribution in [3.8, 4) is 17.0 Å². The van der Waals surface area contributed by atoms with E-state index in [9.17, 15) is 8.78 Å². The monoisotopic (exact) mass is 294 g/mol. The number of nitrogens with one attached hydrogen (secondary N) is 1. The van der Waals surface area contributed by atoms with Crippen LogP contribution in [0.15, 0.2) is 36.5 Å². The van der Waals surface area contributed by atoms with Gasteiger partial charge in [0.1, 0.15) is 5.75 Å². The summed E-state index contributed by atoms with van der Waals surface area (Å²) in [4.78, 5) is 8.46. The zero-order valence-corrected chi connectivity index (χ0v) is 11.3. The number of benzene rings is 1. The second kappa shape index (κ2) is 7.49. The summed E-state index contributed by atoms with van der Waals surface area (Å²) in [5.41, 5.74) is 6.91. The van der Waals surface area contributed by atoms with Crippen molar-refractivity contribution in [3.63, 3.8) is 0 Å². The average Bonchev–Trinajstić information content (AvgIpc) is 2.48. The van der Waals surface area contributed by atoms with Gasteiger partial charge in [-0.05, 0) is 43.3 Å². The van der Waals surface area contributed by atoms with Gasteiger partial charge in [-0.1, -0.05) is 0 Å². The zero-order valence-electron chi connectivity index (χ0n) is 11.3. The topological polar surface area (TPSA) is 73.1 Å². The van der Waals surface area contributed by atoms with Crippen molar-refractivity contribution >= 4 is 5.95 Å². The fourth-order valence-corrected chi connectivity index (χ4v) is 1.71. The lowest BCUT2D eigenvalue weighted by Gasteiger charge is -2.07. The first-order chi connectivity index (χ1) is 10.2. The van der Waals surface area contributed by atoms with E-state index in [0.717, 1.165) is 12.0 Å². The van der Waals surface area contributed by atoms with E-state index in [2.05, 4.69) is 20.0 Å². The first-order valence-electron chi connectivity index (χ1n) is 6.51. The number of hydrogen-bond acceptors (Lipinski definition) is 5. The van der Waals surface area contributed by atoms with E-state index in [1.165, 1.54) is 12.1 Å². The number of rotatable bonds is 7. The predicted octanol–water partition coefficient (Wildman–Crippen LogP) is 2.51. The molecule has 2 rings (SSSR count). The fourth-order valence-electron chi connectivity index (χ4n) is 1.71. The third kappa shape index (κ3) is 4.64. The van der Waals surface area contributed by atoms with Crippen molar-refractivity contribution in [3.05, 3.63) is 36.5 Å². The Kier molecular flexibility index (Phi) is 5.39. The van der Waals surface area contributed by atoms with Crippen molar-refractivity contribution < 1.29 is 13.5 Å². The van der Waals surface area contributed by atoms with Crippen LogP contribution in [0.1, 0.15) is 6.42 Å². The molecule has 1 heterocycles. The van der Waals surface area contributed by atoms with Crippen LogP contribution in [-0.2, 0) is 0 Å². The summed E-state index contributed by atoms with van der Waals surface area (Å²) < 4.78 is 28.5.